The Bertz CT molecular complexity index is 627. The summed E-state index contributed by atoms with van der Waals surface area (Å²) in [6.07, 6.45) is -0.177. The minimum Gasteiger partial charge on any atom is -0.468 e. The van der Waals surface area contributed by atoms with Crippen LogP contribution in [0.4, 0.5) is 0 Å². The van der Waals surface area contributed by atoms with Gasteiger partial charge in [0.15, 0.2) is 9.84 Å². The van der Waals surface area contributed by atoms with Crippen molar-refractivity contribution in [2.75, 3.05) is 25.7 Å². The van der Waals surface area contributed by atoms with E-state index >= 15 is 0 Å². The van der Waals surface area contributed by atoms with Crippen LogP contribution in [0.5, 0.6) is 0 Å². The number of esters is 1. The summed E-state index contributed by atoms with van der Waals surface area (Å²) in [5.41, 5.74) is 0.887. The smallest absolute Gasteiger partial charge is 0.320 e. The molecule has 22 heavy (non-hydrogen) atoms. The molecule has 122 valence electrons. The molecule has 0 radical (unpaired) electrons. The van der Waals surface area contributed by atoms with Gasteiger partial charge in [-0.15, -0.1) is 0 Å². The van der Waals surface area contributed by atoms with Crippen molar-refractivity contribution in [2.45, 2.75) is 13.0 Å². The van der Waals surface area contributed by atoms with Crippen LogP contribution in [0.2, 0.25) is 5.02 Å². The van der Waals surface area contributed by atoms with E-state index < -0.39 is 21.6 Å². The first kappa shape index (κ1) is 18.4. The molecule has 0 aromatic heterocycles. The van der Waals surface area contributed by atoms with Crippen LogP contribution in [0.25, 0.3) is 0 Å². The van der Waals surface area contributed by atoms with Crippen LogP contribution < -0.4 is 0 Å². The highest BCUT2D eigenvalue weighted by Gasteiger charge is 2.20. The Morgan fingerprint density at radius 1 is 1.23 bits per heavy atom. The van der Waals surface area contributed by atoms with Crippen LogP contribution in [-0.2, 0) is 30.7 Å². The van der Waals surface area contributed by atoms with E-state index in [0.29, 0.717) is 11.6 Å². The lowest BCUT2D eigenvalue weighted by atomic mass is 10.2. The van der Waals surface area contributed by atoms with Crippen molar-refractivity contribution in [2.24, 2.45) is 0 Å². The molecule has 1 rings (SSSR count). The second-order valence-corrected chi connectivity index (χ2v) is 7.41. The van der Waals surface area contributed by atoms with Gasteiger partial charge in [0, 0.05) is 25.0 Å². The molecule has 0 bridgehead atoms. The van der Waals surface area contributed by atoms with E-state index in [1.165, 1.54) is 4.90 Å². The van der Waals surface area contributed by atoms with Crippen LogP contribution in [0.3, 0.4) is 0 Å². The van der Waals surface area contributed by atoms with E-state index in [2.05, 4.69) is 4.74 Å². The second-order valence-electron chi connectivity index (χ2n) is 4.79. The van der Waals surface area contributed by atoms with Crippen molar-refractivity contribution in [3.63, 3.8) is 0 Å². The maximum atomic E-state index is 11.9. The molecule has 1 aromatic carbocycles. The fourth-order valence-corrected chi connectivity index (χ4v) is 2.93. The zero-order chi connectivity index (χ0) is 16.8. The van der Waals surface area contributed by atoms with Gasteiger partial charge in [0.05, 0.1) is 12.9 Å². The van der Waals surface area contributed by atoms with E-state index in [9.17, 15) is 18.0 Å². The summed E-state index contributed by atoms with van der Waals surface area (Å²) < 4.78 is 27.6. The largest absolute Gasteiger partial charge is 0.468 e. The summed E-state index contributed by atoms with van der Waals surface area (Å²) in [6.45, 7) is 0.354. The summed E-state index contributed by atoms with van der Waals surface area (Å²) >= 11 is 5.78. The summed E-state index contributed by atoms with van der Waals surface area (Å²) in [6, 6.07) is 7.02. The molecule has 0 aliphatic rings. The number of nitrogens with zero attached hydrogens (tertiary/aromatic N) is 1. The molecule has 0 aliphatic carbocycles. The van der Waals surface area contributed by atoms with Gasteiger partial charge in [-0.3, -0.25) is 9.59 Å². The van der Waals surface area contributed by atoms with Gasteiger partial charge in [0.2, 0.25) is 5.91 Å². The molecular formula is C14H18ClNO5S. The number of hydrogen-bond donors (Lipinski definition) is 0. The molecule has 0 heterocycles. The Morgan fingerprint density at radius 3 is 2.36 bits per heavy atom. The second kappa shape index (κ2) is 8.14. The Balaban J connectivity index is 2.50. The van der Waals surface area contributed by atoms with Crippen molar-refractivity contribution in [1.29, 1.82) is 0 Å². The van der Waals surface area contributed by atoms with Crippen LogP contribution >= 0.6 is 11.6 Å². The number of carbonyl (C=O) groups excluding carboxylic acids is 2. The summed E-state index contributed by atoms with van der Waals surface area (Å²) in [7, 11) is -0.938. The average molecular weight is 348 g/mol. The van der Waals surface area contributed by atoms with Gasteiger partial charge in [-0.2, -0.15) is 0 Å². The van der Waals surface area contributed by atoms with Crippen molar-refractivity contribution in [3.8, 4) is 0 Å². The maximum absolute atomic E-state index is 11.9. The van der Waals surface area contributed by atoms with Gasteiger partial charge in [-0.25, -0.2) is 8.42 Å². The Kier molecular flexibility index (Phi) is 6.83. The van der Waals surface area contributed by atoms with E-state index in [4.69, 9.17) is 11.6 Å². The monoisotopic (exact) mass is 347 g/mol. The first-order valence-corrected chi connectivity index (χ1v) is 8.69. The minimum absolute atomic E-state index is 0.177. The highest BCUT2D eigenvalue weighted by atomic mass is 35.5. The van der Waals surface area contributed by atoms with Gasteiger partial charge < -0.3 is 9.64 Å². The Morgan fingerprint density at radius 2 is 1.82 bits per heavy atom. The van der Waals surface area contributed by atoms with Crippen LogP contribution in [0.1, 0.15) is 12.0 Å². The van der Waals surface area contributed by atoms with Gasteiger partial charge in [0.1, 0.15) is 5.75 Å². The topological polar surface area (TPSA) is 80.8 Å². The van der Waals surface area contributed by atoms with Crippen LogP contribution in [0, 0.1) is 0 Å². The fraction of sp³-hybridized carbons (Fsp3) is 0.429. The molecule has 6 nitrogen and oxygen atoms in total. The van der Waals surface area contributed by atoms with Crippen LogP contribution in [-0.4, -0.2) is 50.9 Å². The van der Waals surface area contributed by atoms with Crippen molar-refractivity contribution in [1.82, 2.24) is 4.90 Å². The number of sulfone groups is 1. The normalized spacial score (nSPS) is 11.0. The third kappa shape index (κ3) is 6.44. The van der Waals surface area contributed by atoms with E-state index in [-0.39, 0.29) is 18.1 Å². The van der Waals surface area contributed by atoms with E-state index in [1.807, 2.05) is 0 Å². The number of amides is 1. The molecular weight excluding hydrogens is 330 g/mol. The van der Waals surface area contributed by atoms with E-state index in [0.717, 1.165) is 12.7 Å². The quantitative estimate of drug-likeness (QED) is 0.694. The van der Waals surface area contributed by atoms with Gasteiger partial charge in [-0.05, 0) is 17.7 Å². The molecule has 0 unspecified atom stereocenters. The first-order chi connectivity index (χ1) is 10.2. The molecule has 0 saturated heterocycles. The van der Waals surface area contributed by atoms with Gasteiger partial charge in [-0.1, -0.05) is 23.7 Å². The lowest BCUT2D eigenvalue weighted by molar-refractivity contribution is -0.137. The van der Waals surface area contributed by atoms with Gasteiger partial charge >= 0.3 is 5.97 Å². The highest BCUT2D eigenvalue weighted by molar-refractivity contribution is 7.92. The third-order valence-corrected chi connectivity index (χ3v) is 4.70. The lowest BCUT2D eigenvalue weighted by Crippen LogP contribution is -2.29. The summed E-state index contributed by atoms with van der Waals surface area (Å²) in [5.74, 6) is -2.24. The number of halogens is 1. The number of carbonyl (C=O) groups is 2. The predicted molar refractivity (Wildman–Crippen MR) is 83.2 cm³/mol. The molecule has 0 atom stereocenters. The maximum Gasteiger partial charge on any atom is 0.320 e. The molecule has 0 spiro atoms. The molecule has 8 heteroatoms. The highest BCUT2D eigenvalue weighted by Crippen LogP contribution is 2.11. The summed E-state index contributed by atoms with van der Waals surface area (Å²) in [5, 5.41) is 0.603. The Hall–Kier alpha value is -1.60. The molecule has 1 aromatic rings. The van der Waals surface area contributed by atoms with Crippen molar-refractivity contribution in [3.05, 3.63) is 34.9 Å². The Labute approximate surface area is 134 Å². The van der Waals surface area contributed by atoms with Gasteiger partial charge in [0.25, 0.3) is 0 Å². The number of hydrogen-bond acceptors (Lipinski definition) is 5. The molecule has 0 aliphatic heterocycles. The van der Waals surface area contributed by atoms with Crippen molar-refractivity contribution < 1.29 is 22.7 Å². The number of ether oxygens (including phenoxy) is 1. The molecule has 0 saturated carbocycles. The summed E-state index contributed by atoms with van der Waals surface area (Å²) in [4.78, 5) is 24.3. The number of rotatable bonds is 7. The lowest BCUT2D eigenvalue weighted by Gasteiger charge is -2.17. The first-order valence-electron chi connectivity index (χ1n) is 6.49. The van der Waals surface area contributed by atoms with E-state index in [1.54, 1.807) is 31.3 Å². The molecule has 0 fully saturated rings. The predicted octanol–water partition coefficient (Wildman–Crippen LogP) is 1.28. The van der Waals surface area contributed by atoms with Crippen LogP contribution in [0.15, 0.2) is 24.3 Å². The van der Waals surface area contributed by atoms with Crippen molar-refractivity contribution >= 4 is 33.3 Å². The zero-order valence-corrected chi connectivity index (χ0v) is 14.0. The number of methoxy groups -OCH3 is 1. The standard InChI is InChI=1S/C14H18ClNO5S/c1-16(9-11-3-5-12(15)6-4-11)13(17)7-8-22(19,20)10-14(18)21-2/h3-6H,7-10H2,1-2H3. The molecule has 0 N–H and O–H groups in total. The molecule has 1 amide bonds. The fourth-order valence-electron chi connectivity index (χ4n) is 1.70. The minimum atomic E-state index is -3.64. The average Bonchev–Trinajstić information content (AvgIpc) is 2.46. The third-order valence-electron chi connectivity index (χ3n) is 2.95. The SMILES string of the molecule is COC(=O)CS(=O)(=O)CCC(=O)N(C)Cc1ccc(Cl)cc1. The zero-order valence-electron chi connectivity index (χ0n) is 12.4. The number of benzene rings is 1.